The number of hydrogen-bond acceptors (Lipinski definition) is 3. The second-order valence-corrected chi connectivity index (χ2v) is 6.09. The highest BCUT2D eigenvalue weighted by atomic mass is 16.5. The van der Waals surface area contributed by atoms with Crippen LogP contribution < -0.4 is 5.32 Å². The van der Waals surface area contributed by atoms with Gasteiger partial charge in [-0.15, -0.1) is 0 Å². The molecule has 0 atom stereocenters. The van der Waals surface area contributed by atoms with Gasteiger partial charge in [0.15, 0.2) is 5.76 Å². The first kappa shape index (κ1) is 15.3. The molecule has 0 aliphatic carbocycles. The second-order valence-electron chi connectivity index (χ2n) is 6.09. The van der Waals surface area contributed by atoms with Gasteiger partial charge in [-0.2, -0.15) is 0 Å². The maximum Gasteiger partial charge on any atom is 0.252 e. The highest BCUT2D eigenvalue weighted by Crippen LogP contribution is 2.18. The Kier molecular flexibility index (Phi) is 4.42. The molecule has 0 bridgehead atoms. The van der Waals surface area contributed by atoms with E-state index in [0.717, 1.165) is 22.9 Å². The lowest BCUT2D eigenvalue weighted by Crippen LogP contribution is -2.22. The minimum atomic E-state index is -0.108. The first-order valence-corrected chi connectivity index (χ1v) is 7.84. The molecule has 1 N–H and O–H groups in total. The van der Waals surface area contributed by atoms with Crippen molar-refractivity contribution in [3.05, 3.63) is 65.5 Å². The smallest absolute Gasteiger partial charge is 0.252 e. The van der Waals surface area contributed by atoms with E-state index < -0.39 is 0 Å². The topological polar surface area (TPSA) is 55.1 Å². The lowest BCUT2D eigenvalue weighted by molar-refractivity contribution is 0.0948. The van der Waals surface area contributed by atoms with Crippen molar-refractivity contribution < 1.29 is 9.32 Å². The quantitative estimate of drug-likeness (QED) is 0.776. The van der Waals surface area contributed by atoms with E-state index in [1.807, 2.05) is 48.5 Å². The van der Waals surface area contributed by atoms with Gasteiger partial charge in [0.2, 0.25) is 0 Å². The molecule has 0 spiro atoms. The van der Waals surface area contributed by atoms with E-state index >= 15 is 0 Å². The first-order valence-electron chi connectivity index (χ1n) is 7.84. The number of aromatic nitrogens is 1. The molecule has 1 aromatic heterocycles. The number of fused-ring (bicyclic) bond motifs is 1. The monoisotopic (exact) mass is 308 g/mol. The Hall–Kier alpha value is -2.62. The number of hydrogen-bond donors (Lipinski definition) is 1. The molecule has 0 saturated carbocycles. The molecule has 2 aromatic carbocycles. The van der Waals surface area contributed by atoms with Gasteiger partial charge >= 0.3 is 0 Å². The summed E-state index contributed by atoms with van der Waals surface area (Å²) in [6.45, 7) is 4.61. The minimum Gasteiger partial charge on any atom is -0.359 e. The Morgan fingerprint density at radius 3 is 2.78 bits per heavy atom. The van der Waals surface area contributed by atoms with E-state index in [0.29, 0.717) is 23.8 Å². The molecule has 23 heavy (non-hydrogen) atoms. The molecule has 3 rings (SSSR count). The Bertz CT molecular complexity index is 816. The average Bonchev–Trinajstić information content (AvgIpc) is 2.98. The van der Waals surface area contributed by atoms with Crippen LogP contribution in [0, 0.1) is 5.92 Å². The summed E-state index contributed by atoms with van der Waals surface area (Å²) in [6, 6.07) is 15.5. The SMILES string of the molecule is CC(C)Cc1cc(CNC(=O)c2cccc3ccccc23)on1. The molecule has 0 saturated heterocycles. The zero-order valence-electron chi connectivity index (χ0n) is 13.4. The predicted octanol–water partition coefficient (Wildman–Crippen LogP) is 3.96. The third-order valence-electron chi connectivity index (χ3n) is 3.68. The standard InChI is InChI=1S/C19H20N2O2/c1-13(2)10-15-11-16(23-21-15)12-20-19(22)18-9-5-7-14-6-3-4-8-17(14)18/h3-9,11,13H,10,12H2,1-2H3,(H,20,22). The predicted molar refractivity (Wildman–Crippen MR) is 90.2 cm³/mol. The van der Waals surface area contributed by atoms with Crippen molar-refractivity contribution in [3.63, 3.8) is 0 Å². The number of rotatable bonds is 5. The molecule has 118 valence electrons. The Morgan fingerprint density at radius 2 is 1.96 bits per heavy atom. The van der Waals surface area contributed by atoms with Crippen LogP contribution in [-0.4, -0.2) is 11.1 Å². The third kappa shape index (κ3) is 3.59. The lowest BCUT2D eigenvalue weighted by Gasteiger charge is -2.06. The Labute approximate surface area is 135 Å². The van der Waals surface area contributed by atoms with Crippen LogP contribution in [0.4, 0.5) is 0 Å². The normalized spacial score (nSPS) is 11.1. The van der Waals surface area contributed by atoms with Crippen molar-refractivity contribution in [1.82, 2.24) is 10.5 Å². The van der Waals surface area contributed by atoms with Gasteiger partial charge in [0.25, 0.3) is 5.91 Å². The summed E-state index contributed by atoms with van der Waals surface area (Å²) in [4.78, 5) is 12.4. The highest BCUT2D eigenvalue weighted by molar-refractivity contribution is 6.06. The minimum absolute atomic E-state index is 0.108. The van der Waals surface area contributed by atoms with Gasteiger partial charge in [0, 0.05) is 11.6 Å². The molecule has 4 nitrogen and oxygen atoms in total. The fourth-order valence-corrected chi connectivity index (χ4v) is 2.64. The summed E-state index contributed by atoms with van der Waals surface area (Å²) < 4.78 is 5.27. The van der Waals surface area contributed by atoms with Gasteiger partial charge in [-0.05, 0) is 29.2 Å². The van der Waals surface area contributed by atoms with E-state index in [1.165, 1.54) is 0 Å². The third-order valence-corrected chi connectivity index (χ3v) is 3.68. The van der Waals surface area contributed by atoms with E-state index in [4.69, 9.17) is 4.52 Å². The van der Waals surface area contributed by atoms with Crippen LogP contribution in [0.1, 0.15) is 35.7 Å². The fourth-order valence-electron chi connectivity index (χ4n) is 2.64. The number of carbonyl (C=O) groups is 1. The zero-order valence-corrected chi connectivity index (χ0v) is 13.4. The van der Waals surface area contributed by atoms with Gasteiger partial charge in [0.1, 0.15) is 0 Å². The van der Waals surface area contributed by atoms with Crippen molar-refractivity contribution in [3.8, 4) is 0 Å². The van der Waals surface area contributed by atoms with Crippen molar-refractivity contribution in [2.45, 2.75) is 26.8 Å². The summed E-state index contributed by atoms with van der Waals surface area (Å²) in [7, 11) is 0. The molecule has 0 aliphatic rings. The van der Waals surface area contributed by atoms with Gasteiger partial charge < -0.3 is 9.84 Å². The molecule has 4 heteroatoms. The molecular weight excluding hydrogens is 288 g/mol. The van der Waals surface area contributed by atoms with Gasteiger partial charge in [0.05, 0.1) is 12.2 Å². The number of benzene rings is 2. The van der Waals surface area contributed by atoms with Crippen LogP contribution in [0.15, 0.2) is 53.1 Å². The highest BCUT2D eigenvalue weighted by Gasteiger charge is 2.11. The number of nitrogens with one attached hydrogen (secondary N) is 1. The van der Waals surface area contributed by atoms with E-state index in [2.05, 4.69) is 24.3 Å². The van der Waals surface area contributed by atoms with Crippen molar-refractivity contribution in [2.24, 2.45) is 5.92 Å². The van der Waals surface area contributed by atoms with Crippen molar-refractivity contribution in [1.29, 1.82) is 0 Å². The first-order chi connectivity index (χ1) is 11.1. The van der Waals surface area contributed by atoms with E-state index in [9.17, 15) is 4.79 Å². The maximum atomic E-state index is 12.4. The molecule has 0 unspecified atom stereocenters. The van der Waals surface area contributed by atoms with Crippen LogP contribution >= 0.6 is 0 Å². The molecule has 0 fully saturated rings. The zero-order chi connectivity index (χ0) is 16.2. The molecule has 1 heterocycles. The largest absolute Gasteiger partial charge is 0.359 e. The van der Waals surface area contributed by atoms with E-state index in [1.54, 1.807) is 0 Å². The Morgan fingerprint density at radius 1 is 1.17 bits per heavy atom. The van der Waals surface area contributed by atoms with Crippen LogP contribution in [0.5, 0.6) is 0 Å². The van der Waals surface area contributed by atoms with Gasteiger partial charge in [-0.1, -0.05) is 55.4 Å². The van der Waals surface area contributed by atoms with Crippen LogP contribution in [-0.2, 0) is 13.0 Å². The van der Waals surface area contributed by atoms with Gasteiger partial charge in [-0.25, -0.2) is 0 Å². The second kappa shape index (κ2) is 6.65. The van der Waals surface area contributed by atoms with Crippen molar-refractivity contribution in [2.75, 3.05) is 0 Å². The molecule has 3 aromatic rings. The van der Waals surface area contributed by atoms with Crippen LogP contribution in [0.3, 0.4) is 0 Å². The summed E-state index contributed by atoms with van der Waals surface area (Å²) in [5.74, 6) is 1.09. The average molecular weight is 308 g/mol. The summed E-state index contributed by atoms with van der Waals surface area (Å²) in [6.07, 6.45) is 0.876. The molecule has 1 amide bonds. The number of amides is 1. The summed E-state index contributed by atoms with van der Waals surface area (Å²) in [5.41, 5.74) is 1.60. The molecule has 0 radical (unpaired) electrons. The number of nitrogens with zero attached hydrogens (tertiary/aromatic N) is 1. The van der Waals surface area contributed by atoms with Crippen LogP contribution in [0.25, 0.3) is 10.8 Å². The molecular formula is C19H20N2O2. The number of carbonyl (C=O) groups excluding carboxylic acids is 1. The summed E-state index contributed by atoms with van der Waals surface area (Å²) >= 11 is 0. The lowest BCUT2D eigenvalue weighted by atomic mass is 10.0. The summed E-state index contributed by atoms with van der Waals surface area (Å²) in [5, 5.41) is 8.94. The Balaban J connectivity index is 1.70. The fraction of sp³-hybridized carbons (Fsp3) is 0.263. The van der Waals surface area contributed by atoms with Crippen LogP contribution in [0.2, 0.25) is 0 Å². The van der Waals surface area contributed by atoms with Crippen molar-refractivity contribution >= 4 is 16.7 Å². The van der Waals surface area contributed by atoms with E-state index in [-0.39, 0.29) is 5.91 Å². The molecule has 0 aliphatic heterocycles. The van der Waals surface area contributed by atoms with Gasteiger partial charge in [-0.3, -0.25) is 4.79 Å². The maximum absolute atomic E-state index is 12.4.